The first kappa shape index (κ1) is 14.7. The van der Waals surface area contributed by atoms with Crippen LogP contribution in [0.5, 0.6) is 0 Å². The third kappa shape index (κ3) is 4.80. The topological polar surface area (TPSA) is 29.1 Å². The molecule has 0 radical (unpaired) electrons. The lowest BCUT2D eigenvalue weighted by Crippen LogP contribution is -2.29. The highest BCUT2D eigenvalue weighted by Gasteiger charge is 2.11. The van der Waals surface area contributed by atoms with Crippen LogP contribution in [0.1, 0.15) is 35.7 Å². The molecule has 1 unspecified atom stereocenters. The molecule has 0 saturated heterocycles. The Kier molecular flexibility index (Phi) is 6.20. The Bertz CT molecular complexity index is 393. The molecule has 1 N–H and O–H groups in total. The van der Waals surface area contributed by atoms with Crippen molar-refractivity contribution in [2.24, 2.45) is 0 Å². The van der Waals surface area contributed by atoms with E-state index >= 15 is 0 Å². The lowest BCUT2D eigenvalue weighted by molar-refractivity contribution is 0.0953. The highest BCUT2D eigenvalue weighted by atomic mass is 79.9. The predicted octanol–water partition coefficient (Wildman–Crippen LogP) is 4.05. The van der Waals surface area contributed by atoms with E-state index in [1.165, 1.54) is 0 Å². The first-order chi connectivity index (χ1) is 8.04. The number of halogens is 2. The van der Waals surface area contributed by atoms with Gasteiger partial charge in [-0.1, -0.05) is 40.9 Å². The molecule has 0 heterocycles. The SMILES string of the molecule is CCCC(Br)CNC(=O)c1cc(C)ccc1Br. The molecule has 4 heteroatoms. The van der Waals surface area contributed by atoms with Crippen LogP contribution in [0.4, 0.5) is 0 Å². The molecule has 0 aliphatic heterocycles. The fraction of sp³-hybridized carbons (Fsp3) is 0.462. The molecule has 0 bridgehead atoms. The van der Waals surface area contributed by atoms with Gasteiger partial charge in [-0.25, -0.2) is 0 Å². The summed E-state index contributed by atoms with van der Waals surface area (Å²) >= 11 is 6.94. The van der Waals surface area contributed by atoms with Gasteiger partial charge in [0, 0.05) is 15.8 Å². The monoisotopic (exact) mass is 361 g/mol. The van der Waals surface area contributed by atoms with Crippen molar-refractivity contribution < 1.29 is 4.79 Å². The van der Waals surface area contributed by atoms with Crippen molar-refractivity contribution in [2.45, 2.75) is 31.5 Å². The lowest BCUT2D eigenvalue weighted by atomic mass is 10.1. The fourth-order valence-electron chi connectivity index (χ4n) is 1.53. The van der Waals surface area contributed by atoms with Gasteiger partial charge in [-0.05, 0) is 41.4 Å². The van der Waals surface area contributed by atoms with Gasteiger partial charge < -0.3 is 5.32 Å². The molecular formula is C13H17Br2NO. The number of nitrogens with one attached hydrogen (secondary N) is 1. The molecule has 94 valence electrons. The number of hydrogen-bond acceptors (Lipinski definition) is 1. The van der Waals surface area contributed by atoms with E-state index in [0.29, 0.717) is 16.9 Å². The minimum Gasteiger partial charge on any atom is -0.351 e. The van der Waals surface area contributed by atoms with Crippen LogP contribution in [-0.4, -0.2) is 17.3 Å². The van der Waals surface area contributed by atoms with Gasteiger partial charge in [-0.2, -0.15) is 0 Å². The van der Waals surface area contributed by atoms with E-state index in [4.69, 9.17) is 0 Å². The van der Waals surface area contributed by atoms with Crippen molar-refractivity contribution in [1.29, 1.82) is 0 Å². The van der Waals surface area contributed by atoms with Gasteiger partial charge >= 0.3 is 0 Å². The van der Waals surface area contributed by atoms with Crippen LogP contribution < -0.4 is 5.32 Å². The number of benzene rings is 1. The van der Waals surface area contributed by atoms with Crippen LogP contribution in [0.25, 0.3) is 0 Å². The van der Waals surface area contributed by atoms with Crippen molar-refractivity contribution >= 4 is 37.8 Å². The van der Waals surface area contributed by atoms with Crippen LogP contribution in [0.15, 0.2) is 22.7 Å². The van der Waals surface area contributed by atoms with E-state index in [9.17, 15) is 4.79 Å². The van der Waals surface area contributed by atoms with Crippen LogP contribution in [-0.2, 0) is 0 Å². The van der Waals surface area contributed by atoms with E-state index in [1.807, 2.05) is 25.1 Å². The Balaban J connectivity index is 2.61. The number of carbonyl (C=O) groups excluding carboxylic acids is 1. The van der Waals surface area contributed by atoms with Crippen molar-refractivity contribution in [3.8, 4) is 0 Å². The second kappa shape index (κ2) is 7.17. The van der Waals surface area contributed by atoms with Crippen LogP contribution in [0, 0.1) is 6.92 Å². The number of amides is 1. The van der Waals surface area contributed by atoms with Crippen molar-refractivity contribution in [3.63, 3.8) is 0 Å². The Morgan fingerprint density at radius 2 is 2.18 bits per heavy atom. The fourth-order valence-corrected chi connectivity index (χ4v) is 2.57. The highest BCUT2D eigenvalue weighted by Crippen LogP contribution is 2.18. The summed E-state index contributed by atoms with van der Waals surface area (Å²) in [6.45, 7) is 4.77. The Labute approximate surface area is 119 Å². The molecule has 1 aromatic rings. The number of hydrogen-bond donors (Lipinski definition) is 1. The molecular weight excluding hydrogens is 346 g/mol. The third-order valence-corrected chi connectivity index (χ3v) is 3.93. The molecule has 0 aliphatic rings. The second-order valence-corrected chi connectivity index (χ2v) is 6.23. The van der Waals surface area contributed by atoms with Crippen molar-refractivity contribution in [3.05, 3.63) is 33.8 Å². The Morgan fingerprint density at radius 3 is 2.82 bits per heavy atom. The minimum absolute atomic E-state index is 0.0267. The van der Waals surface area contributed by atoms with Gasteiger partial charge in [0.25, 0.3) is 5.91 Å². The molecule has 0 saturated carbocycles. The molecule has 0 fully saturated rings. The van der Waals surface area contributed by atoms with Crippen LogP contribution in [0.2, 0.25) is 0 Å². The van der Waals surface area contributed by atoms with E-state index in [1.54, 1.807) is 0 Å². The minimum atomic E-state index is -0.0267. The van der Waals surface area contributed by atoms with Gasteiger partial charge in [0.05, 0.1) is 5.56 Å². The zero-order valence-electron chi connectivity index (χ0n) is 10.1. The summed E-state index contributed by atoms with van der Waals surface area (Å²) in [6.07, 6.45) is 2.18. The summed E-state index contributed by atoms with van der Waals surface area (Å²) in [5.41, 5.74) is 1.78. The zero-order chi connectivity index (χ0) is 12.8. The van der Waals surface area contributed by atoms with Gasteiger partial charge in [0.15, 0.2) is 0 Å². The Hall–Kier alpha value is -0.350. The van der Waals surface area contributed by atoms with E-state index in [-0.39, 0.29) is 5.91 Å². The quantitative estimate of drug-likeness (QED) is 0.786. The standard InChI is InChI=1S/C13H17Br2NO/c1-3-4-10(14)8-16-13(17)11-7-9(2)5-6-12(11)15/h5-7,10H,3-4,8H2,1-2H3,(H,16,17). The number of carbonyl (C=O) groups is 1. The third-order valence-electron chi connectivity index (χ3n) is 2.45. The van der Waals surface area contributed by atoms with Crippen molar-refractivity contribution in [1.82, 2.24) is 5.32 Å². The molecule has 2 nitrogen and oxygen atoms in total. The smallest absolute Gasteiger partial charge is 0.252 e. The number of aryl methyl sites for hydroxylation is 1. The lowest BCUT2D eigenvalue weighted by Gasteiger charge is -2.11. The molecule has 1 amide bonds. The first-order valence-electron chi connectivity index (χ1n) is 5.73. The van der Waals surface area contributed by atoms with Gasteiger partial charge in [0.2, 0.25) is 0 Å². The molecule has 0 aromatic heterocycles. The highest BCUT2D eigenvalue weighted by molar-refractivity contribution is 9.10. The van der Waals surface area contributed by atoms with Crippen LogP contribution in [0.3, 0.4) is 0 Å². The average Bonchev–Trinajstić information content (AvgIpc) is 2.29. The summed E-state index contributed by atoms with van der Waals surface area (Å²) in [5.74, 6) is -0.0267. The largest absolute Gasteiger partial charge is 0.351 e. The molecule has 1 atom stereocenters. The summed E-state index contributed by atoms with van der Waals surface area (Å²) in [7, 11) is 0. The molecule has 0 aliphatic carbocycles. The maximum atomic E-state index is 12.0. The summed E-state index contributed by atoms with van der Waals surface area (Å²) in [5, 5.41) is 2.94. The Morgan fingerprint density at radius 1 is 1.47 bits per heavy atom. The van der Waals surface area contributed by atoms with E-state index in [0.717, 1.165) is 22.9 Å². The molecule has 1 aromatic carbocycles. The number of alkyl halides is 1. The average molecular weight is 363 g/mol. The van der Waals surface area contributed by atoms with Gasteiger partial charge in [-0.3, -0.25) is 4.79 Å². The summed E-state index contributed by atoms with van der Waals surface area (Å²) in [6, 6.07) is 5.77. The molecule has 17 heavy (non-hydrogen) atoms. The first-order valence-corrected chi connectivity index (χ1v) is 7.44. The summed E-state index contributed by atoms with van der Waals surface area (Å²) in [4.78, 5) is 12.3. The van der Waals surface area contributed by atoms with Gasteiger partial charge in [0.1, 0.15) is 0 Å². The predicted molar refractivity (Wildman–Crippen MR) is 78.8 cm³/mol. The second-order valence-electron chi connectivity index (χ2n) is 4.08. The normalized spacial score (nSPS) is 12.2. The van der Waals surface area contributed by atoms with E-state index in [2.05, 4.69) is 44.1 Å². The molecule has 1 rings (SSSR count). The van der Waals surface area contributed by atoms with Gasteiger partial charge in [-0.15, -0.1) is 0 Å². The zero-order valence-corrected chi connectivity index (χ0v) is 13.3. The maximum absolute atomic E-state index is 12.0. The van der Waals surface area contributed by atoms with E-state index < -0.39 is 0 Å². The summed E-state index contributed by atoms with van der Waals surface area (Å²) < 4.78 is 0.835. The van der Waals surface area contributed by atoms with Crippen LogP contribution >= 0.6 is 31.9 Å². The molecule has 0 spiro atoms. The number of rotatable bonds is 5. The van der Waals surface area contributed by atoms with Crippen molar-refractivity contribution in [2.75, 3.05) is 6.54 Å². The maximum Gasteiger partial charge on any atom is 0.252 e.